The number of amides is 1. The molecule has 0 aliphatic carbocycles. The van der Waals surface area contributed by atoms with Crippen LogP contribution in [0.1, 0.15) is 5.56 Å². The molecule has 2 rings (SSSR count). The molecule has 2 aromatic rings. The van der Waals surface area contributed by atoms with Crippen LogP contribution >= 0.6 is 0 Å². The Morgan fingerprint density at radius 2 is 2.04 bits per heavy atom. The molecule has 0 aliphatic rings. The van der Waals surface area contributed by atoms with Gasteiger partial charge in [-0.15, -0.1) is 6.42 Å². The molecule has 0 bridgehead atoms. The van der Waals surface area contributed by atoms with Crippen molar-refractivity contribution in [1.29, 1.82) is 0 Å². The zero-order valence-electron chi connectivity index (χ0n) is 12.6. The maximum Gasteiger partial charge on any atom is 0.269 e. The first kappa shape index (κ1) is 16.8. The highest BCUT2D eigenvalue weighted by Gasteiger charge is 2.03. The molecule has 0 saturated carbocycles. The average Bonchev–Trinajstić information content (AvgIpc) is 2.59. The Labute approximate surface area is 138 Å². The molecular formula is C18H14N2O4. The summed E-state index contributed by atoms with van der Waals surface area (Å²) in [5.41, 5.74) is 1.25. The number of anilines is 1. The summed E-state index contributed by atoms with van der Waals surface area (Å²) in [6.07, 6.45) is 8.04. The van der Waals surface area contributed by atoms with Crippen molar-refractivity contribution in [2.75, 3.05) is 11.9 Å². The molecule has 1 N–H and O–H groups in total. The molecule has 0 fully saturated rings. The van der Waals surface area contributed by atoms with Gasteiger partial charge in [-0.05, 0) is 35.9 Å². The fourth-order valence-electron chi connectivity index (χ4n) is 1.85. The maximum absolute atomic E-state index is 11.9. The molecule has 24 heavy (non-hydrogen) atoms. The molecular weight excluding hydrogens is 308 g/mol. The summed E-state index contributed by atoms with van der Waals surface area (Å²) in [7, 11) is 0. The zero-order valence-corrected chi connectivity index (χ0v) is 12.6. The van der Waals surface area contributed by atoms with E-state index in [1.54, 1.807) is 42.5 Å². The number of nitrogens with one attached hydrogen (secondary N) is 1. The highest BCUT2D eigenvalue weighted by molar-refractivity contribution is 6.02. The highest BCUT2D eigenvalue weighted by Crippen LogP contribution is 2.17. The second kappa shape index (κ2) is 8.15. The molecule has 0 radical (unpaired) electrons. The van der Waals surface area contributed by atoms with Crippen molar-refractivity contribution in [3.8, 4) is 18.1 Å². The molecule has 0 aliphatic heterocycles. The van der Waals surface area contributed by atoms with Gasteiger partial charge < -0.3 is 10.1 Å². The van der Waals surface area contributed by atoms with Crippen LogP contribution in [0.25, 0.3) is 6.08 Å². The van der Waals surface area contributed by atoms with Crippen LogP contribution in [0.2, 0.25) is 0 Å². The Hall–Kier alpha value is -3.59. The van der Waals surface area contributed by atoms with Gasteiger partial charge in [0.15, 0.2) is 0 Å². The smallest absolute Gasteiger partial charge is 0.269 e. The van der Waals surface area contributed by atoms with Crippen LogP contribution in [0.5, 0.6) is 5.75 Å². The largest absolute Gasteiger partial charge is 0.481 e. The molecule has 0 spiro atoms. The first-order valence-corrected chi connectivity index (χ1v) is 6.98. The standard InChI is InChI=1S/C18H14N2O4/c1-2-12-24-17-5-3-4-15(13-17)19-18(21)11-8-14-6-9-16(10-7-14)20(22)23/h1,3-11,13H,12H2,(H,19,21). The summed E-state index contributed by atoms with van der Waals surface area (Å²) in [6, 6.07) is 12.7. The summed E-state index contributed by atoms with van der Waals surface area (Å²) >= 11 is 0. The Kier molecular flexibility index (Phi) is 5.70. The normalized spacial score (nSPS) is 10.1. The SMILES string of the molecule is C#CCOc1cccc(NC(=O)C=Cc2ccc([N+](=O)[O-])cc2)c1. The molecule has 1 amide bonds. The number of nitro benzene ring substituents is 1. The Balaban J connectivity index is 1.97. The van der Waals surface area contributed by atoms with Crippen LogP contribution in [0, 0.1) is 22.5 Å². The van der Waals surface area contributed by atoms with E-state index < -0.39 is 4.92 Å². The predicted octanol–water partition coefficient (Wildman–Crippen LogP) is 3.26. The van der Waals surface area contributed by atoms with Crippen molar-refractivity contribution in [3.05, 3.63) is 70.3 Å². The minimum Gasteiger partial charge on any atom is -0.481 e. The lowest BCUT2D eigenvalue weighted by Crippen LogP contribution is -2.07. The van der Waals surface area contributed by atoms with Gasteiger partial charge in [-0.3, -0.25) is 14.9 Å². The van der Waals surface area contributed by atoms with Crippen molar-refractivity contribution in [2.45, 2.75) is 0 Å². The van der Waals surface area contributed by atoms with Crippen LogP contribution in [0.15, 0.2) is 54.6 Å². The zero-order chi connectivity index (χ0) is 17.4. The molecule has 6 nitrogen and oxygen atoms in total. The number of benzene rings is 2. The number of hydrogen-bond acceptors (Lipinski definition) is 4. The summed E-state index contributed by atoms with van der Waals surface area (Å²) in [5, 5.41) is 13.3. The van der Waals surface area contributed by atoms with E-state index in [0.717, 1.165) is 0 Å². The Bertz CT molecular complexity index is 805. The molecule has 0 aromatic heterocycles. The lowest BCUT2D eigenvalue weighted by Gasteiger charge is -2.06. The van der Waals surface area contributed by atoms with Crippen LogP contribution < -0.4 is 10.1 Å². The lowest BCUT2D eigenvalue weighted by atomic mass is 10.2. The van der Waals surface area contributed by atoms with Gasteiger partial charge in [-0.1, -0.05) is 12.0 Å². The Morgan fingerprint density at radius 3 is 2.71 bits per heavy atom. The monoisotopic (exact) mass is 322 g/mol. The van der Waals surface area contributed by atoms with Crippen molar-refractivity contribution in [1.82, 2.24) is 0 Å². The number of terminal acetylenes is 1. The number of non-ortho nitro benzene ring substituents is 1. The molecule has 2 aromatic carbocycles. The fourth-order valence-corrected chi connectivity index (χ4v) is 1.85. The number of rotatable bonds is 6. The number of nitrogens with zero attached hydrogens (tertiary/aromatic N) is 1. The van der Waals surface area contributed by atoms with Crippen LogP contribution in [0.3, 0.4) is 0 Å². The molecule has 0 heterocycles. The second-order valence-corrected chi connectivity index (χ2v) is 4.69. The van der Waals surface area contributed by atoms with E-state index in [-0.39, 0.29) is 18.2 Å². The third-order valence-corrected chi connectivity index (χ3v) is 2.95. The van der Waals surface area contributed by atoms with Crippen LogP contribution in [0.4, 0.5) is 11.4 Å². The van der Waals surface area contributed by atoms with Crippen LogP contribution in [-0.4, -0.2) is 17.4 Å². The van der Waals surface area contributed by atoms with Crippen molar-refractivity contribution in [2.24, 2.45) is 0 Å². The van der Waals surface area contributed by atoms with E-state index in [0.29, 0.717) is 17.0 Å². The van der Waals surface area contributed by atoms with Crippen molar-refractivity contribution < 1.29 is 14.5 Å². The van der Waals surface area contributed by atoms with E-state index >= 15 is 0 Å². The van der Waals surface area contributed by atoms with Gasteiger partial charge in [-0.2, -0.15) is 0 Å². The van der Waals surface area contributed by atoms with Crippen LogP contribution in [-0.2, 0) is 4.79 Å². The van der Waals surface area contributed by atoms with Gasteiger partial charge in [0.25, 0.3) is 5.69 Å². The van der Waals surface area contributed by atoms with Gasteiger partial charge in [0.2, 0.25) is 5.91 Å². The van der Waals surface area contributed by atoms with Crippen molar-refractivity contribution >= 4 is 23.4 Å². The lowest BCUT2D eigenvalue weighted by molar-refractivity contribution is -0.384. The van der Waals surface area contributed by atoms with Gasteiger partial charge in [0.1, 0.15) is 12.4 Å². The summed E-state index contributed by atoms with van der Waals surface area (Å²) in [4.78, 5) is 22.0. The number of carbonyl (C=O) groups is 1. The second-order valence-electron chi connectivity index (χ2n) is 4.69. The van der Waals surface area contributed by atoms with E-state index in [9.17, 15) is 14.9 Å². The van der Waals surface area contributed by atoms with E-state index in [1.165, 1.54) is 18.2 Å². The first-order chi connectivity index (χ1) is 11.6. The molecule has 6 heteroatoms. The third-order valence-electron chi connectivity index (χ3n) is 2.95. The minimum absolute atomic E-state index is 0.000357. The quantitative estimate of drug-likeness (QED) is 0.383. The van der Waals surface area contributed by atoms with Gasteiger partial charge in [-0.25, -0.2) is 0 Å². The number of nitro groups is 1. The number of carbonyl (C=O) groups excluding carboxylic acids is 1. The van der Waals surface area contributed by atoms with E-state index in [2.05, 4.69) is 11.2 Å². The molecule has 0 atom stereocenters. The summed E-state index contributed by atoms with van der Waals surface area (Å²) in [6.45, 7) is 0.150. The number of ether oxygens (including phenoxy) is 1. The molecule has 120 valence electrons. The fraction of sp³-hybridized carbons (Fsp3) is 0.0556. The predicted molar refractivity (Wildman–Crippen MR) is 91.5 cm³/mol. The topological polar surface area (TPSA) is 81.5 Å². The maximum atomic E-state index is 11.9. The molecule has 0 saturated heterocycles. The van der Waals surface area contributed by atoms with Gasteiger partial charge in [0, 0.05) is 30.0 Å². The van der Waals surface area contributed by atoms with Gasteiger partial charge in [0.05, 0.1) is 4.92 Å². The Morgan fingerprint density at radius 1 is 1.29 bits per heavy atom. The minimum atomic E-state index is -0.477. The average molecular weight is 322 g/mol. The highest BCUT2D eigenvalue weighted by atomic mass is 16.6. The van der Waals surface area contributed by atoms with E-state index in [1.807, 2.05) is 0 Å². The van der Waals surface area contributed by atoms with Crippen molar-refractivity contribution in [3.63, 3.8) is 0 Å². The molecule has 0 unspecified atom stereocenters. The van der Waals surface area contributed by atoms with Gasteiger partial charge >= 0.3 is 0 Å². The number of hydrogen-bond donors (Lipinski definition) is 1. The summed E-state index contributed by atoms with van der Waals surface area (Å²) in [5.74, 6) is 2.59. The first-order valence-electron chi connectivity index (χ1n) is 6.98. The third kappa shape index (κ3) is 5.00. The van der Waals surface area contributed by atoms with E-state index in [4.69, 9.17) is 11.2 Å². The summed E-state index contributed by atoms with van der Waals surface area (Å²) < 4.78 is 5.28.